The molecule has 19 heavy (non-hydrogen) atoms. The second-order valence-corrected chi connectivity index (χ2v) is 5.76. The molecule has 3 rings (SSSR count). The Morgan fingerprint density at radius 2 is 1.68 bits per heavy atom. The SMILES string of the molecule is Cc1ccc([C@@H]2C[C@@H]2/C=C/c2ccc(Cl)cc2)cc1. The van der Waals surface area contributed by atoms with Gasteiger partial charge in [0.05, 0.1) is 0 Å². The summed E-state index contributed by atoms with van der Waals surface area (Å²) >= 11 is 5.88. The van der Waals surface area contributed by atoms with Crippen molar-refractivity contribution in [2.75, 3.05) is 0 Å². The summed E-state index contributed by atoms with van der Waals surface area (Å²) in [6, 6.07) is 16.9. The van der Waals surface area contributed by atoms with Gasteiger partial charge in [-0.15, -0.1) is 0 Å². The van der Waals surface area contributed by atoms with E-state index in [2.05, 4.69) is 55.5 Å². The van der Waals surface area contributed by atoms with Crippen LogP contribution in [-0.2, 0) is 0 Å². The topological polar surface area (TPSA) is 0 Å². The maximum Gasteiger partial charge on any atom is 0.0406 e. The highest BCUT2D eigenvalue weighted by Crippen LogP contribution is 2.48. The summed E-state index contributed by atoms with van der Waals surface area (Å²) in [6.45, 7) is 2.13. The van der Waals surface area contributed by atoms with E-state index in [1.807, 2.05) is 12.1 Å². The number of halogens is 1. The highest BCUT2D eigenvalue weighted by Gasteiger charge is 2.35. The van der Waals surface area contributed by atoms with Crippen molar-refractivity contribution in [3.63, 3.8) is 0 Å². The van der Waals surface area contributed by atoms with Gasteiger partial charge in [0.2, 0.25) is 0 Å². The van der Waals surface area contributed by atoms with E-state index in [1.54, 1.807) is 0 Å². The second kappa shape index (κ2) is 5.22. The van der Waals surface area contributed by atoms with Gasteiger partial charge < -0.3 is 0 Å². The Bertz CT molecular complexity index is 578. The van der Waals surface area contributed by atoms with E-state index < -0.39 is 0 Å². The molecule has 0 saturated heterocycles. The van der Waals surface area contributed by atoms with Crippen LogP contribution in [0.5, 0.6) is 0 Å². The predicted molar refractivity (Wildman–Crippen MR) is 82.5 cm³/mol. The first-order valence-electron chi connectivity index (χ1n) is 6.73. The first-order chi connectivity index (χ1) is 9.22. The van der Waals surface area contributed by atoms with Crippen LogP contribution in [0.25, 0.3) is 6.08 Å². The molecule has 1 aliphatic carbocycles. The van der Waals surface area contributed by atoms with E-state index in [-0.39, 0.29) is 0 Å². The van der Waals surface area contributed by atoms with Crippen LogP contribution in [-0.4, -0.2) is 0 Å². The van der Waals surface area contributed by atoms with E-state index in [0.29, 0.717) is 11.8 Å². The van der Waals surface area contributed by atoms with Gasteiger partial charge in [-0.3, -0.25) is 0 Å². The van der Waals surface area contributed by atoms with E-state index in [9.17, 15) is 0 Å². The van der Waals surface area contributed by atoms with E-state index >= 15 is 0 Å². The van der Waals surface area contributed by atoms with E-state index in [1.165, 1.54) is 23.1 Å². The minimum Gasteiger partial charge on any atom is -0.0843 e. The first-order valence-corrected chi connectivity index (χ1v) is 7.10. The molecule has 0 amide bonds. The van der Waals surface area contributed by atoms with Crippen LogP contribution in [0.2, 0.25) is 5.02 Å². The lowest BCUT2D eigenvalue weighted by molar-refractivity contribution is 1.01. The number of rotatable bonds is 3. The second-order valence-electron chi connectivity index (χ2n) is 5.33. The predicted octanol–water partition coefficient (Wildman–Crippen LogP) is 5.47. The molecule has 2 atom stereocenters. The number of benzene rings is 2. The number of hydrogen-bond donors (Lipinski definition) is 0. The van der Waals surface area contributed by atoms with E-state index in [0.717, 1.165) is 5.02 Å². The van der Waals surface area contributed by atoms with Gasteiger partial charge in [-0.05, 0) is 48.4 Å². The monoisotopic (exact) mass is 268 g/mol. The molecule has 0 radical (unpaired) electrons. The molecule has 2 aromatic carbocycles. The first kappa shape index (κ1) is 12.5. The van der Waals surface area contributed by atoms with Crippen molar-refractivity contribution < 1.29 is 0 Å². The lowest BCUT2D eigenvalue weighted by atomic mass is 10.1. The average Bonchev–Trinajstić information content (AvgIpc) is 3.19. The fraction of sp³-hybridized carbons (Fsp3) is 0.222. The van der Waals surface area contributed by atoms with Gasteiger partial charge in [-0.2, -0.15) is 0 Å². The summed E-state index contributed by atoms with van der Waals surface area (Å²) in [6.07, 6.45) is 5.80. The van der Waals surface area contributed by atoms with Crippen molar-refractivity contribution in [2.45, 2.75) is 19.3 Å². The molecular formula is C18H17Cl. The van der Waals surface area contributed by atoms with Crippen molar-refractivity contribution in [3.8, 4) is 0 Å². The summed E-state index contributed by atoms with van der Waals surface area (Å²) in [5.41, 5.74) is 4.02. The fourth-order valence-electron chi connectivity index (χ4n) is 2.43. The maximum atomic E-state index is 5.88. The molecular weight excluding hydrogens is 252 g/mol. The Balaban J connectivity index is 1.64. The molecule has 0 aliphatic heterocycles. The number of hydrogen-bond acceptors (Lipinski definition) is 0. The molecule has 0 unspecified atom stereocenters. The zero-order valence-electron chi connectivity index (χ0n) is 11.0. The van der Waals surface area contributed by atoms with Gasteiger partial charge in [0.15, 0.2) is 0 Å². The third-order valence-electron chi connectivity index (χ3n) is 3.75. The minimum absolute atomic E-state index is 0.693. The summed E-state index contributed by atoms with van der Waals surface area (Å²) in [7, 11) is 0. The Morgan fingerprint density at radius 1 is 1.00 bits per heavy atom. The summed E-state index contributed by atoms with van der Waals surface area (Å²) in [4.78, 5) is 0. The molecule has 0 aromatic heterocycles. The van der Waals surface area contributed by atoms with Gasteiger partial charge in [0.25, 0.3) is 0 Å². The number of allylic oxidation sites excluding steroid dienone is 1. The van der Waals surface area contributed by atoms with Crippen molar-refractivity contribution in [2.24, 2.45) is 5.92 Å². The van der Waals surface area contributed by atoms with Crippen molar-refractivity contribution in [1.29, 1.82) is 0 Å². The molecule has 1 saturated carbocycles. The Labute approximate surface area is 119 Å². The maximum absolute atomic E-state index is 5.88. The van der Waals surface area contributed by atoms with Gasteiger partial charge in [0, 0.05) is 5.02 Å². The molecule has 0 nitrogen and oxygen atoms in total. The molecule has 1 heteroatoms. The Kier molecular flexibility index (Phi) is 3.44. The van der Waals surface area contributed by atoms with Crippen LogP contribution in [0, 0.1) is 12.8 Å². The van der Waals surface area contributed by atoms with Crippen LogP contribution in [0.3, 0.4) is 0 Å². The molecule has 0 bridgehead atoms. The molecule has 0 N–H and O–H groups in total. The van der Waals surface area contributed by atoms with Gasteiger partial charge in [-0.25, -0.2) is 0 Å². The smallest absolute Gasteiger partial charge is 0.0406 e. The molecule has 0 heterocycles. The normalized spacial score (nSPS) is 21.8. The third kappa shape index (κ3) is 3.08. The van der Waals surface area contributed by atoms with E-state index in [4.69, 9.17) is 11.6 Å². The van der Waals surface area contributed by atoms with Crippen LogP contribution in [0.15, 0.2) is 54.6 Å². The highest BCUT2D eigenvalue weighted by molar-refractivity contribution is 6.30. The summed E-state index contributed by atoms with van der Waals surface area (Å²) in [5.74, 6) is 1.41. The lowest BCUT2D eigenvalue weighted by Crippen LogP contribution is -1.81. The van der Waals surface area contributed by atoms with Crippen LogP contribution in [0.1, 0.15) is 29.0 Å². The van der Waals surface area contributed by atoms with Gasteiger partial charge in [-0.1, -0.05) is 65.7 Å². The molecule has 1 aliphatic rings. The van der Waals surface area contributed by atoms with Crippen LogP contribution in [0.4, 0.5) is 0 Å². The highest BCUT2D eigenvalue weighted by atomic mass is 35.5. The molecule has 2 aromatic rings. The minimum atomic E-state index is 0.693. The Hall–Kier alpha value is -1.53. The molecule has 96 valence electrons. The summed E-state index contributed by atoms with van der Waals surface area (Å²) in [5, 5.41) is 0.793. The van der Waals surface area contributed by atoms with Crippen molar-refractivity contribution in [1.82, 2.24) is 0 Å². The largest absolute Gasteiger partial charge is 0.0843 e. The van der Waals surface area contributed by atoms with Gasteiger partial charge in [0.1, 0.15) is 0 Å². The third-order valence-corrected chi connectivity index (χ3v) is 4.00. The van der Waals surface area contributed by atoms with Crippen molar-refractivity contribution >= 4 is 17.7 Å². The zero-order chi connectivity index (χ0) is 13.2. The quantitative estimate of drug-likeness (QED) is 0.693. The standard InChI is InChI=1S/C18H17Cl/c1-13-2-7-15(8-3-13)18-12-16(18)9-4-14-5-10-17(19)11-6-14/h2-11,16,18H,12H2,1H3/b9-4+/t16-,18-/m0/s1. The zero-order valence-corrected chi connectivity index (χ0v) is 11.8. The van der Waals surface area contributed by atoms with Crippen LogP contribution < -0.4 is 0 Å². The fourth-order valence-corrected chi connectivity index (χ4v) is 2.56. The summed E-state index contributed by atoms with van der Waals surface area (Å²) < 4.78 is 0. The van der Waals surface area contributed by atoms with Crippen molar-refractivity contribution in [3.05, 3.63) is 76.3 Å². The van der Waals surface area contributed by atoms with Gasteiger partial charge >= 0.3 is 0 Å². The Morgan fingerprint density at radius 3 is 2.37 bits per heavy atom. The lowest BCUT2D eigenvalue weighted by Gasteiger charge is -1.99. The number of aryl methyl sites for hydroxylation is 1. The molecule has 1 fully saturated rings. The molecule has 0 spiro atoms. The average molecular weight is 269 g/mol. The van der Waals surface area contributed by atoms with Crippen LogP contribution >= 0.6 is 11.6 Å².